The van der Waals surface area contributed by atoms with Crippen LogP contribution in [0, 0.1) is 17.5 Å². The summed E-state index contributed by atoms with van der Waals surface area (Å²) in [7, 11) is 0. The van der Waals surface area contributed by atoms with Gasteiger partial charge in [-0.15, -0.1) is 0 Å². The number of hydrogen-bond acceptors (Lipinski definition) is 14. The number of carboxylic acid groups (broad SMARTS) is 1. The number of aryl methyl sites for hydroxylation is 3. The molecule has 0 aliphatic carbocycles. The zero-order valence-corrected chi connectivity index (χ0v) is 61.4. The molecule has 0 spiro atoms. The number of halogens is 4. The zero-order valence-electron chi connectivity index (χ0n) is 59.8. The Labute approximate surface area is 597 Å². The Morgan fingerprint density at radius 2 is 0.792 bits per heavy atom. The van der Waals surface area contributed by atoms with Crippen molar-refractivity contribution in [2.45, 2.75) is 171 Å². The van der Waals surface area contributed by atoms with E-state index >= 15 is 8.78 Å². The van der Waals surface area contributed by atoms with Crippen LogP contribution in [0.1, 0.15) is 213 Å². The first-order valence-electron chi connectivity index (χ1n) is 33.5. The van der Waals surface area contributed by atoms with E-state index in [9.17, 15) is 38.3 Å². The van der Waals surface area contributed by atoms with Gasteiger partial charge in [-0.2, -0.15) is 15.3 Å². The van der Waals surface area contributed by atoms with Gasteiger partial charge >= 0.3 is 35.8 Å². The Kier molecular flexibility index (Phi) is 29.3. The topological polar surface area (TPSA) is 233 Å². The van der Waals surface area contributed by atoms with Crippen LogP contribution < -0.4 is 0 Å². The van der Waals surface area contributed by atoms with Crippen LogP contribution in [0.2, 0.25) is 0 Å². The number of hydrogen-bond donors (Lipinski definition) is 2. The predicted octanol–water partition coefficient (Wildman–Crippen LogP) is 18.0. The largest absolute Gasteiger partial charge is 0.476 e. The summed E-state index contributed by atoms with van der Waals surface area (Å²) in [6.07, 6.45) is 4.96. The number of ether oxygens (including phenoxy) is 5. The fourth-order valence-corrected chi connectivity index (χ4v) is 10.6. The van der Waals surface area contributed by atoms with Crippen molar-refractivity contribution in [1.29, 1.82) is 0 Å². The Morgan fingerprint density at radius 1 is 0.446 bits per heavy atom. The number of nitrogens with one attached hydrogen (secondary N) is 1. The molecule has 9 aromatic rings. The lowest BCUT2D eigenvalue weighted by Crippen LogP contribution is -2.24. The SMILES string of the molecule is CC(C)(C)OC(=O)c1ccccc1-c1ccc(CBr)c(F)c1.CCCc1cc(C(=O)O)nn1Cc1ccc(-c2ccccc2C(=O)OC(C)(C)C)cc1F.CCCc1cc(C(=O)OCC)n[nH]1.CCCc1cc(C(=O)OCC)nn1Cc1ccc(-c2ccccc2C(=O)OC(C)(C)C)cc1F. The number of rotatable bonds is 22. The highest BCUT2D eigenvalue weighted by atomic mass is 79.9. The van der Waals surface area contributed by atoms with E-state index in [4.69, 9.17) is 23.7 Å². The third-order valence-electron chi connectivity index (χ3n) is 14.6. The number of H-pyrrole nitrogens is 1. The van der Waals surface area contributed by atoms with Crippen LogP contribution in [0.15, 0.2) is 146 Å². The maximum atomic E-state index is 15.2. The number of aromatic nitrogens is 6. The molecule has 0 radical (unpaired) electrons. The Hall–Kier alpha value is -9.96. The van der Waals surface area contributed by atoms with E-state index in [1.807, 2.05) is 46.8 Å². The predicted molar refractivity (Wildman–Crippen MR) is 386 cm³/mol. The molecule has 0 unspecified atom stereocenters. The van der Waals surface area contributed by atoms with Crippen molar-refractivity contribution in [3.8, 4) is 33.4 Å². The van der Waals surface area contributed by atoms with Crippen LogP contribution >= 0.6 is 15.9 Å². The number of nitrogens with zero attached hydrogens (tertiary/aromatic N) is 5. The van der Waals surface area contributed by atoms with Crippen molar-refractivity contribution in [2.24, 2.45) is 0 Å². The van der Waals surface area contributed by atoms with Crippen molar-refractivity contribution in [2.75, 3.05) is 13.2 Å². The standard InChI is InChI=1S/C27H31FN2O4.C25H27FN2O4.C18H18BrFO2.C9H14N2O2/c1-6-10-20-16-24(26(32)33-7-2)29-30(20)17-19-14-13-18(15-23(19)28)21-11-8-9-12-22(21)25(31)34-27(3,4)5;1-5-8-18-14-22(23(29)30)27-28(18)15-17-12-11-16(13-21(17)26)19-9-6-7-10-20(19)24(31)32-25(2,3)4;1-18(2,3)22-17(21)15-7-5-4-6-14(15)12-8-9-13(11-19)16(20)10-12;1-3-5-7-6-8(11-10-7)9(12)13-4-2/h8-9,11-16H,6-7,10,17H2,1-5H3;6-7,9-14H,5,8,15H2,1-4H3,(H,29,30);4-10H,11H2,1-3H3;6H,3-5H2,1-2H3,(H,10,11). The quantitative estimate of drug-likeness (QED) is 0.0365. The van der Waals surface area contributed by atoms with Gasteiger partial charge in [0.25, 0.3) is 0 Å². The van der Waals surface area contributed by atoms with Gasteiger partial charge in [0, 0.05) is 33.5 Å². The molecule has 0 bridgehead atoms. The van der Waals surface area contributed by atoms with E-state index in [-0.39, 0.29) is 42.9 Å². The fraction of sp³-hybridized carbons (Fsp3) is 0.354. The molecule has 6 aromatic carbocycles. The highest BCUT2D eigenvalue weighted by Crippen LogP contribution is 2.32. The van der Waals surface area contributed by atoms with Crippen LogP contribution in [0.25, 0.3) is 33.4 Å². The van der Waals surface area contributed by atoms with Gasteiger partial charge in [-0.1, -0.05) is 147 Å². The maximum absolute atomic E-state index is 15.2. The minimum absolute atomic E-state index is 0.0585. The third-order valence-corrected chi connectivity index (χ3v) is 15.2. The van der Waals surface area contributed by atoms with E-state index in [2.05, 4.69) is 43.2 Å². The van der Waals surface area contributed by atoms with Crippen LogP contribution in [-0.4, -0.2) is 101 Å². The number of benzene rings is 6. The summed E-state index contributed by atoms with van der Waals surface area (Å²) in [6, 6.07) is 40.5. The first kappa shape index (κ1) is 80.0. The van der Waals surface area contributed by atoms with Crippen LogP contribution in [0.3, 0.4) is 0 Å². The Balaban J connectivity index is 0.000000222. The molecule has 0 saturated carbocycles. The molecule has 0 saturated heterocycles. The molecular formula is C79H90BrF3N6O12. The Morgan fingerprint density at radius 3 is 1.13 bits per heavy atom. The summed E-state index contributed by atoms with van der Waals surface area (Å²) in [5.41, 5.74) is 7.39. The molecule has 0 fully saturated rings. The molecule has 18 nitrogen and oxygen atoms in total. The first-order valence-corrected chi connectivity index (χ1v) is 34.6. The second-order valence-corrected chi connectivity index (χ2v) is 26.9. The molecule has 22 heteroatoms. The summed E-state index contributed by atoms with van der Waals surface area (Å²) in [5, 5.41) is 24.8. The first-order chi connectivity index (χ1) is 47.8. The number of alkyl halides is 1. The maximum Gasteiger partial charge on any atom is 0.358 e. The molecule has 3 heterocycles. The number of aromatic amines is 1. The van der Waals surface area contributed by atoms with Crippen molar-refractivity contribution in [3.63, 3.8) is 0 Å². The zero-order chi connectivity index (χ0) is 74.4. The number of esters is 5. The molecule has 0 amide bonds. The van der Waals surface area contributed by atoms with E-state index in [1.165, 1.54) is 28.9 Å². The molecular weight excluding hydrogens is 1360 g/mol. The second kappa shape index (κ2) is 36.9. The monoisotopic (exact) mass is 1450 g/mol. The Bertz CT molecular complexity index is 4330. The highest BCUT2D eigenvalue weighted by Gasteiger charge is 2.26. The molecule has 536 valence electrons. The lowest BCUT2D eigenvalue weighted by Gasteiger charge is -2.20. The summed E-state index contributed by atoms with van der Waals surface area (Å²) >= 11 is 3.25. The van der Waals surface area contributed by atoms with Crippen LogP contribution in [0.5, 0.6) is 0 Å². The van der Waals surface area contributed by atoms with E-state index in [0.29, 0.717) is 97.2 Å². The summed E-state index contributed by atoms with van der Waals surface area (Å²) in [4.78, 5) is 72.2. The van der Waals surface area contributed by atoms with Crippen LogP contribution in [-0.2, 0) is 61.4 Å². The van der Waals surface area contributed by atoms with Crippen molar-refractivity contribution >= 4 is 51.7 Å². The van der Waals surface area contributed by atoms with Gasteiger partial charge in [-0.05, 0) is 189 Å². The second-order valence-electron chi connectivity index (χ2n) is 26.3. The van der Waals surface area contributed by atoms with E-state index < -0.39 is 58.3 Å². The van der Waals surface area contributed by atoms with Gasteiger partial charge in [-0.3, -0.25) is 14.5 Å². The minimum Gasteiger partial charge on any atom is -0.476 e. The van der Waals surface area contributed by atoms with Crippen LogP contribution in [0.4, 0.5) is 13.2 Å². The average molecular weight is 1450 g/mol. The van der Waals surface area contributed by atoms with Gasteiger partial charge in [0.1, 0.15) is 34.3 Å². The number of carbonyl (C=O) groups excluding carboxylic acids is 5. The molecule has 0 aliphatic rings. The molecule has 0 atom stereocenters. The molecule has 0 aliphatic heterocycles. The number of carbonyl (C=O) groups is 6. The molecule has 101 heavy (non-hydrogen) atoms. The van der Waals surface area contributed by atoms with Crippen molar-refractivity contribution in [3.05, 3.63) is 231 Å². The van der Waals surface area contributed by atoms with E-state index in [1.54, 1.807) is 169 Å². The number of aromatic carboxylic acids is 1. The third kappa shape index (κ3) is 23.9. The normalized spacial score (nSPS) is 11.2. The van der Waals surface area contributed by atoms with Crippen molar-refractivity contribution < 1.29 is 70.7 Å². The summed E-state index contributed by atoms with van der Waals surface area (Å²) < 4.78 is 73.6. The summed E-state index contributed by atoms with van der Waals surface area (Å²) in [6.45, 7) is 26.8. The summed E-state index contributed by atoms with van der Waals surface area (Å²) in [5.74, 6) is -4.49. The smallest absolute Gasteiger partial charge is 0.358 e. The van der Waals surface area contributed by atoms with Gasteiger partial charge < -0.3 is 28.8 Å². The lowest BCUT2D eigenvalue weighted by molar-refractivity contribution is 0.00578. The van der Waals surface area contributed by atoms with Gasteiger partial charge in [-0.25, -0.2) is 41.9 Å². The highest BCUT2D eigenvalue weighted by molar-refractivity contribution is 9.08. The van der Waals surface area contributed by atoms with Crippen molar-refractivity contribution in [1.82, 2.24) is 29.8 Å². The molecule has 3 aromatic heterocycles. The number of carboxylic acids is 1. The molecule has 9 rings (SSSR count). The lowest BCUT2D eigenvalue weighted by atomic mass is 9.98. The van der Waals surface area contributed by atoms with E-state index in [0.717, 1.165) is 42.8 Å². The van der Waals surface area contributed by atoms with Gasteiger partial charge in [0.05, 0.1) is 43.0 Å². The fourth-order valence-electron chi connectivity index (χ4n) is 10.1. The average Bonchev–Trinajstić information content (AvgIpc) is 1.65. The van der Waals surface area contributed by atoms with Gasteiger partial charge in [0.15, 0.2) is 17.1 Å². The van der Waals surface area contributed by atoms with Gasteiger partial charge in [0.2, 0.25) is 0 Å². The minimum atomic E-state index is -1.12. The molecule has 2 N–H and O–H groups in total.